The molecule has 0 bridgehead atoms. The standard InChI is InChI=1S/C23H40O3/c1-14(24)16-6-7-17-20-18(8-9-23(16,17)4)22(3)11-10-21(2,25)13-15(22)12-19(20)26-5/h14-20,24-25H,6-13H2,1-5H3/t14?,15-,16+,17-,18-,19-,20-,21+,22-,23+/m0/s1. The van der Waals surface area contributed by atoms with Gasteiger partial charge < -0.3 is 14.9 Å². The molecule has 0 heterocycles. The summed E-state index contributed by atoms with van der Waals surface area (Å²) in [5.41, 5.74) is 0.130. The Morgan fingerprint density at radius 2 is 1.65 bits per heavy atom. The molecule has 1 unspecified atom stereocenters. The Kier molecular flexibility index (Phi) is 4.57. The van der Waals surface area contributed by atoms with E-state index in [1.807, 2.05) is 21.0 Å². The van der Waals surface area contributed by atoms with Gasteiger partial charge in [0.1, 0.15) is 0 Å². The van der Waals surface area contributed by atoms with Gasteiger partial charge in [0.15, 0.2) is 0 Å². The van der Waals surface area contributed by atoms with Crippen LogP contribution in [0.15, 0.2) is 0 Å². The van der Waals surface area contributed by atoms with Gasteiger partial charge in [0, 0.05) is 7.11 Å². The predicted molar refractivity (Wildman–Crippen MR) is 104 cm³/mol. The molecule has 3 heteroatoms. The smallest absolute Gasteiger partial charge is 0.0622 e. The van der Waals surface area contributed by atoms with Gasteiger partial charge in [0.25, 0.3) is 0 Å². The molecule has 0 radical (unpaired) electrons. The lowest BCUT2D eigenvalue weighted by atomic mass is 9.43. The maximum Gasteiger partial charge on any atom is 0.0622 e. The van der Waals surface area contributed by atoms with Crippen molar-refractivity contribution in [2.24, 2.45) is 40.4 Å². The van der Waals surface area contributed by atoms with Gasteiger partial charge in [-0.05, 0) is 106 Å². The Balaban J connectivity index is 1.67. The molecule has 4 fully saturated rings. The second kappa shape index (κ2) is 6.19. The highest BCUT2D eigenvalue weighted by Gasteiger charge is 2.63. The fourth-order valence-corrected chi connectivity index (χ4v) is 8.46. The number of ether oxygens (including phenoxy) is 1. The molecular weight excluding hydrogens is 324 g/mol. The average Bonchev–Trinajstić information content (AvgIpc) is 2.92. The molecule has 2 N–H and O–H groups in total. The van der Waals surface area contributed by atoms with Gasteiger partial charge in [0.2, 0.25) is 0 Å². The SMILES string of the molecule is CO[C@H]1C[C@H]2C[C@](C)(O)CC[C@]2(C)[C@H]2CC[C@]3(C)[C@@H](C(C)O)CC[C@H]3[C@H]12. The summed E-state index contributed by atoms with van der Waals surface area (Å²) < 4.78 is 6.13. The number of rotatable bonds is 2. The van der Waals surface area contributed by atoms with Gasteiger partial charge in [-0.15, -0.1) is 0 Å². The monoisotopic (exact) mass is 364 g/mol. The van der Waals surface area contributed by atoms with Crippen LogP contribution in [0.1, 0.15) is 79.1 Å². The Hall–Kier alpha value is -0.120. The largest absolute Gasteiger partial charge is 0.393 e. The number of fused-ring (bicyclic) bond motifs is 5. The van der Waals surface area contributed by atoms with Crippen LogP contribution in [-0.2, 0) is 4.74 Å². The molecule has 150 valence electrons. The highest BCUT2D eigenvalue weighted by molar-refractivity contribution is 5.12. The van der Waals surface area contributed by atoms with Crippen molar-refractivity contribution in [3.05, 3.63) is 0 Å². The molecule has 4 aliphatic carbocycles. The third-order valence-electron chi connectivity index (χ3n) is 9.91. The zero-order chi connectivity index (χ0) is 18.9. The lowest BCUT2D eigenvalue weighted by Gasteiger charge is -2.63. The molecule has 0 aromatic carbocycles. The van der Waals surface area contributed by atoms with Crippen LogP contribution in [0, 0.1) is 40.4 Å². The average molecular weight is 365 g/mol. The van der Waals surface area contributed by atoms with Crippen molar-refractivity contribution in [1.82, 2.24) is 0 Å². The van der Waals surface area contributed by atoms with E-state index in [4.69, 9.17) is 4.74 Å². The summed E-state index contributed by atoms with van der Waals surface area (Å²) in [7, 11) is 1.90. The maximum atomic E-state index is 10.7. The Bertz CT molecular complexity index is 544. The second-order valence-corrected chi connectivity index (χ2v) is 11.2. The molecule has 0 saturated heterocycles. The lowest BCUT2D eigenvalue weighted by Crippen LogP contribution is -2.60. The number of aliphatic hydroxyl groups excluding tert-OH is 1. The molecular formula is C23H40O3. The van der Waals surface area contributed by atoms with Crippen molar-refractivity contribution in [2.45, 2.75) is 96.9 Å². The summed E-state index contributed by atoms with van der Waals surface area (Å²) in [6, 6.07) is 0. The van der Waals surface area contributed by atoms with Gasteiger partial charge in [-0.1, -0.05) is 13.8 Å². The minimum absolute atomic E-state index is 0.195. The molecule has 0 aliphatic heterocycles. The topological polar surface area (TPSA) is 49.7 Å². The Morgan fingerprint density at radius 1 is 0.962 bits per heavy atom. The van der Waals surface area contributed by atoms with Crippen LogP contribution in [0.3, 0.4) is 0 Å². The summed E-state index contributed by atoms with van der Waals surface area (Å²) >= 11 is 0. The van der Waals surface area contributed by atoms with E-state index in [0.717, 1.165) is 25.7 Å². The molecule has 0 aromatic rings. The summed E-state index contributed by atoms with van der Waals surface area (Å²) in [5.74, 6) is 3.06. The third-order valence-corrected chi connectivity index (χ3v) is 9.91. The van der Waals surface area contributed by atoms with Crippen LogP contribution >= 0.6 is 0 Å². The van der Waals surface area contributed by atoms with Gasteiger partial charge in [-0.3, -0.25) is 0 Å². The third kappa shape index (κ3) is 2.63. The first kappa shape index (κ1) is 19.2. The maximum absolute atomic E-state index is 10.7. The van der Waals surface area contributed by atoms with Gasteiger partial charge >= 0.3 is 0 Å². The van der Waals surface area contributed by atoms with Gasteiger partial charge in [-0.25, -0.2) is 0 Å². The lowest BCUT2D eigenvalue weighted by molar-refractivity contribution is -0.193. The molecule has 0 spiro atoms. The highest BCUT2D eigenvalue weighted by Crippen LogP contribution is 2.68. The van der Waals surface area contributed by atoms with Crippen LogP contribution < -0.4 is 0 Å². The molecule has 3 nitrogen and oxygen atoms in total. The Morgan fingerprint density at radius 3 is 2.31 bits per heavy atom. The van der Waals surface area contributed by atoms with Crippen LogP contribution in [0.5, 0.6) is 0 Å². The van der Waals surface area contributed by atoms with Crippen molar-refractivity contribution in [3.63, 3.8) is 0 Å². The molecule has 0 amide bonds. The molecule has 4 saturated carbocycles. The first-order chi connectivity index (χ1) is 12.1. The van der Waals surface area contributed by atoms with Crippen LogP contribution in [0.4, 0.5) is 0 Å². The highest BCUT2D eigenvalue weighted by atomic mass is 16.5. The minimum atomic E-state index is -0.497. The predicted octanol–water partition coefficient (Wildman–Crippen LogP) is 4.40. The zero-order valence-corrected chi connectivity index (χ0v) is 17.5. The number of hydrogen-bond donors (Lipinski definition) is 2. The first-order valence-corrected chi connectivity index (χ1v) is 11.1. The zero-order valence-electron chi connectivity index (χ0n) is 17.5. The molecule has 4 rings (SSSR count). The molecule has 26 heavy (non-hydrogen) atoms. The fourth-order valence-electron chi connectivity index (χ4n) is 8.46. The first-order valence-electron chi connectivity index (χ1n) is 11.1. The van der Waals surface area contributed by atoms with Crippen molar-refractivity contribution in [3.8, 4) is 0 Å². The van der Waals surface area contributed by atoms with Crippen LogP contribution in [0.25, 0.3) is 0 Å². The van der Waals surface area contributed by atoms with Crippen molar-refractivity contribution < 1.29 is 14.9 Å². The van der Waals surface area contributed by atoms with Gasteiger partial charge in [0.05, 0.1) is 17.8 Å². The molecule has 0 aromatic heterocycles. The van der Waals surface area contributed by atoms with E-state index in [1.54, 1.807) is 0 Å². The second-order valence-electron chi connectivity index (χ2n) is 11.2. The molecule has 4 aliphatic rings. The van der Waals surface area contributed by atoms with E-state index >= 15 is 0 Å². The van der Waals surface area contributed by atoms with E-state index in [9.17, 15) is 10.2 Å². The normalized spacial score (nSPS) is 57.8. The van der Waals surface area contributed by atoms with E-state index in [2.05, 4.69) is 13.8 Å². The van der Waals surface area contributed by atoms with E-state index in [1.165, 1.54) is 25.7 Å². The molecule has 10 atom stereocenters. The van der Waals surface area contributed by atoms with E-state index in [-0.39, 0.29) is 11.5 Å². The summed E-state index contributed by atoms with van der Waals surface area (Å²) in [6.07, 6.45) is 9.23. The summed E-state index contributed by atoms with van der Waals surface area (Å²) in [5, 5.41) is 21.1. The van der Waals surface area contributed by atoms with Crippen LogP contribution in [-0.4, -0.2) is 35.1 Å². The minimum Gasteiger partial charge on any atom is -0.393 e. The van der Waals surface area contributed by atoms with Gasteiger partial charge in [-0.2, -0.15) is 0 Å². The van der Waals surface area contributed by atoms with Crippen molar-refractivity contribution in [1.29, 1.82) is 0 Å². The number of methoxy groups -OCH3 is 1. The summed E-state index contributed by atoms with van der Waals surface area (Å²) in [6.45, 7) is 9.02. The number of hydrogen-bond acceptors (Lipinski definition) is 3. The van der Waals surface area contributed by atoms with Crippen molar-refractivity contribution >= 4 is 0 Å². The van der Waals surface area contributed by atoms with E-state index in [0.29, 0.717) is 41.1 Å². The van der Waals surface area contributed by atoms with Crippen molar-refractivity contribution in [2.75, 3.05) is 7.11 Å². The summed E-state index contributed by atoms with van der Waals surface area (Å²) in [4.78, 5) is 0. The Labute approximate surface area is 159 Å². The quantitative estimate of drug-likeness (QED) is 0.763. The number of aliphatic hydroxyl groups is 2. The fraction of sp³-hybridized carbons (Fsp3) is 1.00. The van der Waals surface area contributed by atoms with E-state index < -0.39 is 5.60 Å². The van der Waals surface area contributed by atoms with Crippen LogP contribution in [0.2, 0.25) is 0 Å².